The van der Waals surface area contributed by atoms with Gasteiger partial charge in [0, 0.05) is 54.2 Å². The van der Waals surface area contributed by atoms with Crippen LogP contribution in [0.3, 0.4) is 0 Å². The van der Waals surface area contributed by atoms with Gasteiger partial charge in [-0.3, -0.25) is 4.79 Å². The maximum atomic E-state index is 14.4. The summed E-state index contributed by atoms with van der Waals surface area (Å²) in [7, 11) is 3.13. The van der Waals surface area contributed by atoms with Crippen LogP contribution in [0.25, 0.3) is 10.8 Å². The van der Waals surface area contributed by atoms with Crippen molar-refractivity contribution >= 4 is 22.8 Å². The Kier molecular flexibility index (Phi) is 10.4. The summed E-state index contributed by atoms with van der Waals surface area (Å²) in [6, 6.07) is 29.7. The van der Waals surface area contributed by atoms with Crippen LogP contribution in [0.15, 0.2) is 109 Å². The Labute approximate surface area is 293 Å². The smallest absolute Gasteiger partial charge is 0.416 e. The van der Waals surface area contributed by atoms with Gasteiger partial charge in [0.2, 0.25) is 0 Å². The Balaban J connectivity index is 1.22. The van der Waals surface area contributed by atoms with E-state index in [0.717, 1.165) is 28.6 Å². The Morgan fingerprint density at radius 2 is 1.55 bits per heavy atom. The van der Waals surface area contributed by atoms with Crippen LogP contribution < -0.4 is 14.2 Å². The number of carbonyl (C=O) groups is 2. The first kappa shape index (κ1) is 35.1. The molecule has 1 unspecified atom stereocenters. The standard InChI is InChI=1S/C40H37F3N2O6/c1-26(31-22-44(23-31)39(47)50-25-27-8-5-4-6-9-27)45(24-30-12-16-34(48-2)21-37(30)49-3)38(46)29-13-19-35-28(20-29)10-7-11-36(35)51-33-17-14-32(15-18-33)40(41,42)43/h4-21,26,31H,22-25H2,1-3H3. The minimum Gasteiger partial charge on any atom is -0.497 e. The van der Waals surface area contributed by atoms with Gasteiger partial charge in [-0.1, -0.05) is 42.5 Å². The van der Waals surface area contributed by atoms with Crippen LogP contribution in [-0.4, -0.2) is 55.2 Å². The quantitative estimate of drug-likeness (QED) is 0.137. The molecule has 1 heterocycles. The number of rotatable bonds is 11. The van der Waals surface area contributed by atoms with E-state index in [4.69, 9.17) is 18.9 Å². The summed E-state index contributed by atoms with van der Waals surface area (Å²) in [5, 5.41) is 1.41. The number of nitrogens with zero attached hydrogens (tertiary/aromatic N) is 2. The number of benzene rings is 5. The number of hydrogen-bond donors (Lipinski definition) is 0. The average molecular weight is 699 g/mol. The summed E-state index contributed by atoms with van der Waals surface area (Å²) >= 11 is 0. The number of halogens is 3. The van der Waals surface area contributed by atoms with Crippen LogP contribution in [0.2, 0.25) is 0 Å². The number of alkyl halides is 3. The van der Waals surface area contributed by atoms with E-state index in [2.05, 4.69) is 0 Å². The number of ether oxygens (including phenoxy) is 4. The number of likely N-dealkylation sites (tertiary alicyclic amines) is 1. The van der Waals surface area contributed by atoms with Gasteiger partial charge in [0.1, 0.15) is 29.6 Å². The number of carbonyl (C=O) groups excluding carboxylic acids is 2. The van der Waals surface area contributed by atoms with Crippen LogP contribution >= 0.6 is 0 Å². The van der Waals surface area contributed by atoms with E-state index in [9.17, 15) is 22.8 Å². The molecule has 0 N–H and O–H groups in total. The van der Waals surface area contributed by atoms with Gasteiger partial charge in [-0.25, -0.2) is 4.79 Å². The predicted octanol–water partition coefficient (Wildman–Crippen LogP) is 8.97. The molecule has 0 aromatic heterocycles. The molecule has 1 aliphatic heterocycles. The second-order valence-corrected chi connectivity index (χ2v) is 12.4. The number of hydrogen-bond acceptors (Lipinski definition) is 6. The highest BCUT2D eigenvalue weighted by molar-refractivity contribution is 6.00. The van der Waals surface area contributed by atoms with E-state index in [1.807, 2.05) is 55.5 Å². The van der Waals surface area contributed by atoms with Crippen molar-refractivity contribution in [3.63, 3.8) is 0 Å². The summed E-state index contributed by atoms with van der Waals surface area (Å²) in [4.78, 5) is 30.6. The maximum Gasteiger partial charge on any atom is 0.416 e. The van der Waals surface area contributed by atoms with Crippen LogP contribution in [0.1, 0.15) is 34.0 Å². The highest BCUT2D eigenvalue weighted by Gasteiger charge is 2.39. The lowest BCUT2D eigenvalue weighted by Gasteiger charge is -2.45. The summed E-state index contributed by atoms with van der Waals surface area (Å²) < 4.78 is 61.7. The molecule has 264 valence electrons. The third kappa shape index (κ3) is 8.03. The largest absolute Gasteiger partial charge is 0.497 e. The highest BCUT2D eigenvalue weighted by Crippen LogP contribution is 2.35. The molecule has 0 saturated carbocycles. The van der Waals surface area contributed by atoms with Gasteiger partial charge in [-0.2, -0.15) is 13.2 Å². The third-order valence-electron chi connectivity index (χ3n) is 9.14. The van der Waals surface area contributed by atoms with Gasteiger partial charge < -0.3 is 28.7 Å². The molecule has 8 nitrogen and oxygen atoms in total. The number of amides is 2. The van der Waals surface area contributed by atoms with Gasteiger partial charge in [-0.15, -0.1) is 0 Å². The molecular formula is C40H37F3N2O6. The summed E-state index contributed by atoms with van der Waals surface area (Å²) in [6.45, 7) is 3.25. The minimum atomic E-state index is -4.45. The van der Waals surface area contributed by atoms with E-state index in [1.54, 1.807) is 60.4 Å². The van der Waals surface area contributed by atoms with Crippen molar-refractivity contribution in [1.29, 1.82) is 0 Å². The molecule has 5 aromatic rings. The fourth-order valence-electron chi connectivity index (χ4n) is 6.08. The van der Waals surface area contributed by atoms with Crippen molar-refractivity contribution in [1.82, 2.24) is 9.80 Å². The molecule has 0 aliphatic carbocycles. The molecule has 11 heteroatoms. The molecule has 0 radical (unpaired) electrons. The van der Waals surface area contributed by atoms with E-state index in [1.165, 1.54) is 12.1 Å². The van der Waals surface area contributed by atoms with E-state index in [-0.39, 0.29) is 36.8 Å². The molecule has 0 spiro atoms. The zero-order valence-corrected chi connectivity index (χ0v) is 28.4. The van der Waals surface area contributed by atoms with Crippen molar-refractivity contribution < 1.29 is 41.7 Å². The first-order valence-electron chi connectivity index (χ1n) is 16.4. The molecule has 1 aliphatic rings. The second-order valence-electron chi connectivity index (χ2n) is 12.4. The second kappa shape index (κ2) is 15.0. The van der Waals surface area contributed by atoms with Crippen LogP contribution in [0.4, 0.5) is 18.0 Å². The van der Waals surface area contributed by atoms with Crippen molar-refractivity contribution in [2.45, 2.75) is 32.3 Å². The number of methoxy groups -OCH3 is 2. The SMILES string of the molecule is COc1ccc(CN(C(=O)c2ccc3c(Oc4ccc(C(F)(F)F)cc4)cccc3c2)C(C)C2CN(C(=O)OCc3ccccc3)C2)c(OC)c1. The van der Waals surface area contributed by atoms with Crippen molar-refractivity contribution in [2.75, 3.05) is 27.3 Å². The zero-order chi connectivity index (χ0) is 36.1. The molecule has 1 saturated heterocycles. The first-order valence-corrected chi connectivity index (χ1v) is 16.4. The maximum absolute atomic E-state index is 14.4. The highest BCUT2D eigenvalue weighted by atomic mass is 19.4. The van der Waals surface area contributed by atoms with Crippen LogP contribution in [-0.2, 0) is 24.1 Å². The van der Waals surface area contributed by atoms with Crippen LogP contribution in [0.5, 0.6) is 23.0 Å². The Morgan fingerprint density at radius 1 is 0.824 bits per heavy atom. The van der Waals surface area contributed by atoms with E-state index in [0.29, 0.717) is 41.3 Å². The van der Waals surface area contributed by atoms with Crippen molar-refractivity contribution in [3.8, 4) is 23.0 Å². The minimum absolute atomic E-state index is 0.00772. The summed E-state index contributed by atoms with van der Waals surface area (Å²) in [6.07, 6.45) is -4.85. The van der Waals surface area contributed by atoms with Gasteiger partial charge in [-0.05, 0) is 78.5 Å². The molecule has 0 bridgehead atoms. The molecule has 2 amide bonds. The third-order valence-corrected chi connectivity index (χ3v) is 9.14. The molecule has 51 heavy (non-hydrogen) atoms. The molecule has 1 fully saturated rings. The van der Waals surface area contributed by atoms with Crippen molar-refractivity contribution in [2.24, 2.45) is 5.92 Å². The van der Waals surface area contributed by atoms with E-state index < -0.39 is 17.8 Å². The topological polar surface area (TPSA) is 77.5 Å². The fraction of sp³-hybridized carbons (Fsp3) is 0.250. The summed E-state index contributed by atoms with van der Waals surface area (Å²) in [5.41, 5.74) is 1.35. The fourth-order valence-corrected chi connectivity index (χ4v) is 6.08. The molecular weight excluding hydrogens is 661 g/mol. The predicted molar refractivity (Wildman–Crippen MR) is 186 cm³/mol. The monoisotopic (exact) mass is 698 g/mol. The Morgan fingerprint density at radius 3 is 2.24 bits per heavy atom. The average Bonchev–Trinajstić information content (AvgIpc) is 3.12. The summed E-state index contributed by atoms with van der Waals surface area (Å²) in [5.74, 6) is 1.65. The number of fused-ring (bicyclic) bond motifs is 1. The normalized spacial score (nSPS) is 13.6. The lowest BCUT2D eigenvalue weighted by molar-refractivity contribution is -0.137. The van der Waals surface area contributed by atoms with Crippen LogP contribution in [0, 0.1) is 5.92 Å². The molecule has 5 aromatic carbocycles. The van der Waals surface area contributed by atoms with Gasteiger partial charge in [0.15, 0.2) is 0 Å². The lowest BCUT2D eigenvalue weighted by Crippen LogP contribution is -2.58. The van der Waals surface area contributed by atoms with E-state index >= 15 is 0 Å². The van der Waals surface area contributed by atoms with Gasteiger partial charge in [0.05, 0.1) is 19.8 Å². The molecule has 1 atom stereocenters. The lowest BCUT2D eigenvalue weighted by atomic mass is 9.91. The Hall–Kier alpha value is -5.71. The van der Waals surface area contributed by atoms with Gasteiger partial charge >= 0.3 is 12.3 Å². The Bertz CT molecular complexity index is 2000. The molecule has 6 rings (SSSR count). The van der Waals surface area contributed by atoms with Gasteiger partial charge in [0.25, 0.3) is 5.91 Å². The zero-order valence-electron chi connectivity index (χ0n) is 28.4. The van der Waals surface area contributed by atoms with Crippen molar-refractivity contribution in [3.05, 3.63) is 131 Å². The first-order chi connectivity index (χ1) is 24.5.